The zero-order valence-corrected chi connectivity index (χ0v) is 13.7. The molecule has 0 saturated carbocycles. The van der Waals surface area contributed by atoms with Crippen LogP contribution in [0.3, 0.4) is 0 Å². The van der Waals surface area contributed by atoms with Gasteiger partial charge in [0.25, 0.3) is 0 Å². The lowest BCUT2D eigenvalue weighted by Crippen LogP contribution is -2.46. The molecule has 0 atom stereocenters. The van der Waals surface area contributed by atoms with Crippen molar-refractivity contribution in [1.29, 1.82) is 0 Å². The van der Waals surface area contributed by atoms with E-state index in [2.05, 4.69) is 10.3 Å². The Morgan fingerprint density at radius 1 is 1.20 bits per heavy atom. The minimum atomic E-state index is -0.608. The first kappa shape index (κ1) is 17.3. The molecule has 1 amide bonds. The number of nitrogens with two attached hydrogens (primary N) is 1. The van der Waals surface area contributed by atoms with Gasteiger partial charge in [-0.2, -0.15) is 0 Å². The van der Waals surface area contributed by atoms with Crippen molar-refractivity contribution < 1.29 is 18.7 Å². The van der Waals surface area contributed by atoms with Gasteiger partial charge in [-0.1, -0.05) is 0 Å². The lowest BCUT2D eigenvalue weighted by molar-refractivity contribution is -0.130. The molecule has 1 saturated heterocycles. The van der Waals surface area contributed by atoms with Gasteiger partial charge in [0.2, 0.25) is 5.91 Å². The maximum Gasteiger partial charge on any atom is 0.233 e. The standard InChI is InChI=1S/C18H20FN3O3/c19-13-1-3-14(4-2-13)25-15-5-6-16(21-11-15)22-17(23)18(12-20)7-9-24-10-8-18/h1-6,11H,7-10,12,20H2,(H,21,22,23). The molecule has 1 aromatic heterocycles. The summed E-state index contributed by atoms with van der Waals surface area (Å²) < 4.78 is 23.8. The normalized spacial score (nSPS) is 16.2. The van der Waals surface area contributed by atoms with Crippen molar-refractivity contribution >= 4 is 11.7 Å². The summed E-state index contributed by atoms with van der Waals surface area (Å²) in [5.74, 6) is 0.952. The molecule has 2 aromatic rings. The van der Waals surface area contributed by atoms with Gasteiger partial charge < -0.3 is 20.5 Å². The fourth-order valence-electron chi connectivity index (χ4n) is 2.69. The van der Waals surface area contributed by atoms with Crippen LogP contribution in [0.2, 0.25) is 0 Å². The van der Waals surface area contributed by atoms with Gasteiger partial charge in [0.05, 0.1) is 11.6 Å². The van der Waals surface area contributed by atoms with E-state index in [0.717, 1.165) is 0 Å². The Bertz CT molecular complexity index is 713. The van der Waals surface area contributed by atoms with E-state index in [1.807, 2.05) is 0 Å². The average Bonchev–Trinajstić information content (AvgIpc) is 2.65. The number of hydrogen-bond acceptors (Lipinski definition) is 5. The van der Waals surface area contributed by atoms with Gasteiger partial charge in [0, 0.05) is 19.8 Å². The van der Waals surface area contributed by atoms with Gasteiger partial charge in [-0.15, -0.1) is 0 Å². The van der Waals surface area contributed by atoms with Crippen LogP contribution in [0.5, 0.6) is 11.5 Å². The summed E-state index contributed by atoms with van der Waals surface area (Å²) in [6.07, 6.45) is 2.69. The second-order valence-electron chi connectivity index (χ2n) is 5.99. The van der Waals surface area contributed by atoms with Crippen molar-refractivity contribution in [2.24, 2.45) is 11.1 Å². The first-order valence-corrected chi connectivity index (χ1v) is 8.10. The van der Waals surface area contributed by atoms with E-state index in [4.69, 9.17) is 15.2 Å². The van der Waals surface area contributed by atoms with Crippen LogP contribution in [-0.4, -0.2) is 30.6 Å². The highest BCUT2D eigenvalue weighted by atomic mass is 19.1. The highest BCUT2D eigenvalue weighted by Gasteiger charge is 2.38. The summed E-state index contributed by atoms with van der Waals surface area (Å²) in [6.45, 7) is 1.33. The van der Waals surface area contributed by atoms with E-state index in [0.29, 0.717) is 43.4 Å². The molecule has 132 valence electrons. The minimum Gasteiger partial charge on any atom is -0.456 e. The second-order valence-corrected chi connectivity index (χ2v) is 5.99. The van der Waals surface area contributed by atoms with Crippen molar-refractivity contribution in [1.82, 2.24) is 4.98 Å². The fourth-order valence-corrected chi connectivity index (χ4v) is 2.69. The summed E-state index contributed by atoms with van der Waals surface area (Å²) in [6, 6.07) is 9.03. The summed E-state index contributed by atoms with van der Waals surface area (Å²) in [4.78, 5) is 16.8. The van der Waals surface area contributed by atoms with Crippen LogP contribution in [-0.2, 0) is 9.53 Å². The molecule has 1 aromatic carbocycles. The van der Waals surface area contributed by atoms with Gasteiger partial charge in [0.15, 0.2) is 0 Å². The van der Waals surface area contributed by atoms with Crippen molar-refractivity contribution in [2.75, 3.05) is 25.1 Å². The molecule has 1 fully saturated rings. The number of halogens is 1. The molecule has 0 bridgehead atoms. The van der Waals surface area contributed by atoms with E-state index >= 15 is 0 Å². The van der Waals surface area contributed by atoms with Gasteiger partial charge in [0.1, 0.15) is 23.1 Å². The quantitative estimate of drug-likeness (QED) is 0.870. The Morgan fingerprint density at radius 2 is 1.88 bits per heavy atom. The van der Waals surface area contributed by atoms with Gasteiger partial charge >= 0.3 is 0 Å². The van der Waals surface area contributed by atoms with Crippen LogP contribution >= 0.6 is 0 Å². The van der Waals surface area contributed by atoms with Crippen LogP contribution in [0.1, 0.15) is 12.8 Å². The predicted octanol–water partition coefficient (Wildman–Crippen LogP) is 2.71. The van der Waals surface area contributed by atoms with E-state index in [1.54, 1.807) is 12.1 Å². The maximum absolute atomic E-state index is 12.9. The van der Waals surface area contributed by atoms with Gasteiger partial charge in [-0.05, 0) is 49.2 Å². The summed E-state index contributed by atoms with van der Waals surface area (Å²) >= 11 is 0. The molecular weight excluding hydrogens is 325 g/mol. The molecule has 7 heteroatoms. The molecule has 0 unspecified atom stereocenters. The topological polar surface area (TPSA) is 86.5 Å². The number of pyridine rings is 1. The van der Waals surface area contributed by atoms with Gasteiger partial charge in [-0.3, -0.25) is 4.79 Å². The van der Waals surface area contributed by atoms with Crippen molar-refractivity contribution in [3.63, 3.8) is 0 Å². The SMILES string of the molecule is NCC1(C(=O)Nc2ccc(Oc3ccc(F)cc3)cn2)CCOCC1. The lowest BCUT2D eigenvalue weighted by atomic mass is 9.79. The Balaban J connectivity index is 1.63. The van der Waals surface area contributed by atoms with Crippen molar-refractivity contribution in [3.8, 4) is 11.5 Å². The zero-order valence-electron chi connectivity index (χ0n) is 13.7. The number of carbonyl (C=O) groups excluding carboxylic acids is 1. The molecule has 1 aliphatic heterocycles. The molecule has 0 spiro atoms. The number of aromatic nitrogens is 1. The summed E-state index contributed by atoms with van der Waals surface area (Å²) in [7, 11) is 0. The van der Waals surface area contributed by atoms with Gasteiger partial charge in [-0.25, -0.2) is 9.37 Å². The van der Waals surface area contributed by atoms with Crippen LogP contribution in [0.15, 0.2) is 42.6 Å². The molecule has 25 heavy (non-hydrogen) atoms. The zero-order chi connectivity index (χ0) is 17.7. The third kappa shape index (κ3) is 4.12. The molecule has 2 heterocycles. The highest BCUT2D eigenvalue weighted by molar-refractivity contribution is 5.94. The number of nitrogens with one attached hydrogen (secondary N) is 1. The largest absolute Gasteiger partial charge is 0.456 e. The highest BCUT2D eigenvalue weighted by Crippen LogP contribution is 2.31. The Morgan fingerprint density at radius 3 is 2.48 bits per heavy atom. The number of benzene rings is 1. The second kappa shape index (κ2) is 7.58. The Labute approximate surface area is 145 Å². The molecular formula is C18H20FN3O3. The monoisotopic (exact) mass is 345 g/mol. The Kier molecular flexibility index (Phi) is 5.25. The van der Waals surface area contributed by atoms with E-state index in [1.165, 1.54) is 30.5 Å². The number of ether oxygens (including phenoxy) is 2. The first-order valence-electron chi connectivity index (χ1n) is 8.10. The van der Waals surface area contributed by atoms with Crippen LogP contribution in [0.25, 0.3) is 0 Å². The lowest BCUT2D eigenvalue weighted by Gasteiger charge is -2.34. The number of amides is 1. The minimum absolute atomic E-state index is 0.141. The number of nitrogens with zero attached hydrogens (tertiary/aromatic N) is 1. The molecule has 6 nitrogen and oxygen atoms in total. The number of rotatable bonds is 5. The third-order valence-corrected chi connectivity index (χ3v) is 4.35. The summed E-state index contributed by atoms with van der Waals surface area (Å²) in [5, 5.41) is 2.81. The molecule has 3 N–H and O–H groups in total. The van der Waals surface area contributed by atoms with Crippen molar-refractivity contribution in [3.05, 3.63) is 48.4 Å². The first-order chi connectivity index (χ1) is 12.1. The Hall–Kier alpha value is -2.51. The smallest absolute Gasteiger partial charge is 0.233 e. The van der Waals surface area contributed by atoms with E-state index < -0.39 is 5.41 Å². The molecule has 3 rings (SSSR count). The average molecular weight is 345 g/mol. The molecule has 0 radical (unpaired) electrons. The van der Waals surface area contributed by atoms with E-state index in [9.17, 15) is 9.18 Å². The number of anilines is 1. The predicted molar refractivity (Wildman–Crippen MR) is 90.9 cm³/mol. The number of carbonyl (C=O) groups is 1. The number of hydrogen-bond donors (Lipinski definition) is 2. The maximum atomic E-state index is 12.9. The van der Waals surface area contributed by atoms with Crippen LogP contribution in [0, 0.1) is 11.2 Å². The third-order valence-electron chi connectivity index (χ3n) is 4.35. The summed E-state index contributed by atoms with van der Waals surface area (Å²) in [5.41, 5.74) is 5.22. The van der Waals surface area contributed by atoms with Crippen LogP contribution < -0.4 is 15.8 Å². The van der Waals surface area contributed by atoms with Crippen molar-refractivity contribution in [2.45, 2.75) is 12.8 Å². The molecule has 1 aliphatic rings. The van der Waals surface area contributed by atoms with E-state index in [-0.39, 0.29) is 18.3 Å². The molecule has 0 aliphatic carbocycles. The van der Waals surface area contributed by atoms with Crippen LogP contribution in [0.4, 0.5) is 10.2 Å². The fraction of sp³-hybridized carbons (Fsp3) is 0.333.